The van der Waals surface area contributed by atoms with Gasteiger partial charge in [0.2, 0.25) is 5.91 Å². The predicted molar refractivity (Wildman–Crippen MR) is 153 cm³/mol. The molecule has 8 rings (SSSR count). The zero-order valence-electron chi connectivity index (χ0n) is 21.8. The Bertz CT molecular complexity index is 1800. The fraction of sp³-hybridized carbons (Fsp3) is 0.323. The number of hydrogen-bond acceptors (Lipinski definition) is 4. The van der Waals surface area contributed by atoms with Gasteiger partial charge in [0.05, 0.1) is 22.1 Å². The van der Waals surface area contributed by atoms with Crippen molar-refractivity contribution in [1.82, 2.24) is 14.7 Å². The van der Waals surface area contributed by atoms with Crippen LogP contribution in [0.2, 0.25) is 10.0 Å². The highest BCUT2D eigenvalue weighted by Gasteiger charge is 2.69. The molecule has 4 aliphatic rings. The Hall–Kier alpha value is -3.46. The van der Waals surface area contributed by atoms with Gasteiger partial charge in [-0.25, -0.2) is 9.18 Å². The molecule has 208 valence electrons. The summed E-state index contributed by atoms with van der Waals surface area (Å²) in [5.41, 5.74) is 2.25. The normalized spacial score (nSPS) is 26.7. The number of anilines is 1. The van der Waals surface area contributed by atoms with E-state index in [-0.39, 0.29) is 22.5 Å². The molecule has 0 unspecified atom stereocenters. The van der Waals surface area contributed by atoms with Gasteiger partial charge >= 0.3 is 5.97 Å². The summed E-state index contributed by atoms with van der Waals surface area (Å²) < 4.78 is 18.1. The molecule has 4 atom stereocenters. The Balaban J connectivity index is 1.43. The van der Waals surface area contributed by atoms with Gasteiger partial charge in [0.25, 0.3) is 0 Å². The number of carboxylic acids is 1. The van der Waals surface area contributed by atoms with E-state index >= 15 is 4.39 Å². The summed E-state index contributed by atoms with van der Waals surface area (Å²) in [5.74, 6) is -1.99. The molecule has 1 saturated heterocycles. The van der Waals surface area contributed by atoms with Crippen LogP contribution in [0.25, 0.3) is 10.9 Å². The van der Waals surface area contributed by atoms with Crippen molar-refractivity contribution >= 4 is 51.7 Å². The number of nitrogens with zero attached hydrogens (tertiary/aromatic N) is 3. The van der Waals surface area contributed by atoms with Gasteiger partial charge in [-0.3, -0.25) is 14.4 Å². The quantitative estimate of drug-likeness (QED) is 0.287. The van der Waals surface area contributed by atoms with Gasteiger partial charge in [0.15, 0.2) is 0 Å². The largest absolute Gasteiger partial charge is 0.478 e. The van der Waals surface area contributed by atoms with E-state index < -0.39 is 29.3 Å². The average molecular weight is 591 g/mol. The van der Waals surface area contributed by atoms with E-state index in [2.05, 4.69) is 10.2 Å². The lowest BCUT2D eigenvalue weighted by Crippen LogP contribution is -2.52. The molecule has 1 aliphatic carbocycles. The Labute approximate surface area is 244 Å². The molecule has 3 aromatic carbocycles. The minimum absolute atomic E-state index is 0.00247. The second-order valence-corrected chi connectivity index (χ2v) is 12.5. The molecular formula is C31H25Cl2FN4O3. The van der Waals surface area contributed by atoms with E-state index in [1.165, 1.54) is 6.07 Å². The van der Waals surface area contributed by atoms with Crippen molar-refractivity contribution in [3.63, 3.8) is 0 Å². The van der Waals surface area contributed by atoms with Crippen LogP contribution in [0.1, 0.15) is 58.4 Å². The Kier molecular flexibility index (Phi) is 5.40. The van der Waals surface area contributed by atoms with Crippen LogP contribution in [0.15, 0.2) is 54.6 Å². The third kappa shape index (κ3) is 3.44. The number of carbonyl (C=O) groups is 2. The van der Waals surface area contributed by atoms with E-state index in [0.29, 0.717) is 40.7 Å². The first-order valence-corrected chi connectivity index (χ1v) is 14.6. The summed E-state index contributed by atoms with van der Waals surface area (Å²) >= 11 is 12.7. The van der Waals surface area contributed by atoms with Crippen LogP contribution in [0, 0.1) is 11.7 Å². The van der Waals surface area contributed by atoms with Gasteiger partial charge in [-0.05, 0) is 67.5 Å². The van der Waals surface area contributed by atoms with Crippen LogP contribution in [-0.4, -0.2) is 44.3 Å². The second-order valence-electron chi connectivity index (χ2n) is 11.7. The number of aromatic nitrogens is 2. The number of carboxylic acid groups (broad SMARTS) is 1. The first-order chi connectivity index (χ1) is 19.8. The molecular weight excluding hydrogens is 566 g/mol. The van der Waals surface area contributed by atoms with Gasteiger partial charge < -0.3 is 10.4 Å². The fourth-order valence-electron chi connectivity index (χ4n) is 7.71. The van der Waals surface area contributed by atoms with E-state index in [0.717, 1.165) is 35.9 Å². The molecule has 1 amide bonds. The van der Waals surface area contributed by atoms with Gasteiger partial charge in [-0.1, -0.05) is 47.5 Å². The number of benzene rings is 3. The molecule has 4 heterocycles. The van der Waals surface area contributed by atoms with E-state index in [1.807, 2.05) is 10.7 Å². The van der Waals surface area contributed by atoms with Crippen LogP contribution in [-0.2, 0) is 16.8 Å². The third-order valence-electron chi connectivity index (χ3n) is 9.50. The second kappa shape index (κ2) is 8.77. The Morgan fingerprint density at radius 2 is 1.95 bits per heavy atom. The number of hydrogen-bond donors (Lipinski definition) is 2. The number of halogens is 3. The monoisotopic (exact) mass is 590 g/mol. The molecule has 4 aromatic rings. The topological polar surface area (TPSA) is 87.5 Å². The van der Waals surface area contributed by atoms with Crippen molar-refractivity contribution in [1.29, 1.82) is 0 Å². The van der Waals surface area contributed by atoms with Crippen LogP contribution in [0.4, 0.5) is 10.1 Å². The number of rotatable bonds is 4. The number of aromatic carboxylic acids is 1. The average Bonchev–Trinajstić information content (AvgIpc) is 3.53. The molecule has 1 spiro atoms. The molecule has 2 fully saturated rings. The summed E-state index contributed by atoms with van der Waals surface area (Å²) in [6.07, 6.45) is 3.62. The smallest absolute Gasteiger partial charge is 0.335 e. The molecule has 10 heteroatoms. The van der Waals surface area contributed by atoms with Gasteiger partial charge in [-0.2, -0.15) is 5.10 Å². The molecule has 2 N–H and O–H groups in total. The number of nitrogens with one attached hydrogen (secondary N) is 1. The summed E-state index contributed by atoms with van der Waals surface area (Å²) in [6.45, 7) is 0.703. The standard InChI is InChI=1S/C31H25Cl2FN4O3/c32-17-7-9-20-23(13-17)35-30(41)31(20)26(19-2-1-3-21(33)27(19)34)28-25(37(31)14-15-4-5-15)11-10-24-18-8-6-16(29(39)40)12-22(18)36-38(24)28/h1-3,6-9,12-13,15,25-26,28H,4-5,10-11,14H2,(H,35,41)(H,39,40)/t25-,26-,28+,31+/m0/s1. The summed E-state index contributed by atoms with van der Waals surface area (Å²) in [5, 5.41) is 19.0. The SMILES string of the molecule is O=C(O)c1ccc2c3n(nc2c1)[C@@H]1[C@H](CC3)N(CC2CC2)[C@@]2(C(=O)Nc3cc(Cl)ccc32)[C@H]1c1cccc(Cl)c1F. The van der Waals surface area contributed by atoms with E-state index in [4.69, 9.17) is 28.3 Å². The highest BCUT2D eigenvalue weighted by atomic mass is 35.5. The zero-order valence-corrected chi connectivity index (χ0v) is 23.3. The van der Waals surface area contributed by atoms with Gasteiger partial charge in [-0.15, -0.1) is 0 Å². The Morgan fingerprint density at radius 3 is 2.73 bits per heavy atom. The van der Waals surface area contributed by atoms with Crippen LogP contribution in [0.3, 0.4) is 0 Å². The van der Waals surface area contributed by atoms with Crippen molar-refractivity contribution < 1.29 is 19.1 Å². The zero-order chi connectivity index (χ0) is 28.2. The minimum atomic E-state index is -1.21. The van der Waals surface area contributed by atoms with Crippen molar-refractivity contribution in [3.8, 4) is 0 Å². The number of fused-ring (bicyclic) bond motifs is 7. The molecule has 7 nitrogen and oxygen atoms in total. The number of carbonyl (C=O) groups excluding carboxylic acids is 1. The van der Waals surface area contributed by atoms with Crippen LogP contribution in [0.5, 0.6) is 0 Å². The maximum atomic E-state index is 16.1. The molecule has 0 bridgehead atoms. The molecule has 1 saturated carbocycles. The molecule has 0 radical (unpaired) electrons. The lowest BCUT2D eigenvalue weighted by Gasteiger charge is -2.39. The van der Waals surface area contributed by atoms with Crippen molar-refractivity contribution in [2.75, 3.05) is 11.9 Å². The number of aryl methyl sites for hydroxylation is 1. The van der Waals surface area contributed by atoms with Crippen LogP contribution < -0.4 is 5.32 Å². The first kappa shape index (κ1) is 25.3. The summed E-state index contributed by atoms with van der Waals surface area (Å²) in [6, 6.07) is 14.9. The predicted octanol–water partition coefficient (Wildman–Crippen LogP) is 6.39. The Morgan fingerprint density at radius 1 is 1.12 bits per heavy atom. The van der Waals surface area contributed by atoms with E-state index in [9.17, 15) is 14.7 Å². The molecule has 1 aromatic heterocycles. The number of amides is 1. The highest BCUT2D eigenvalue weighted by Crippen LogP contribution is 2.63. The minimum Gasteiger partial charge on any atom is -0.478 e. The van der Waals surface area contributed by atoms with Crippen LogP contribution >= 0.6 is 23.2 Å². The van der Waals surface area contributed by atoms with Crippen molar-refractivity contribution in [2.45, 2.75) is 49.2 Å². The first-order valence-electron chi connectivity index (χ1n) is 13.9. The molecule has 41 heavy (non-hydrogen) atoms. The summed E-state index contributed by atoms with van der Waals surface area (Å²) in [7, 11) is 0. The lowest BCUT2D eigenvalue weighted by atomic mass is 9.73. The van der Waals surface area contributed by atoms with Crippen molar-refractivity contribution in [3.05, 3.63) is 92.8 Å². The molecule has 3 aliphatic heterocycles. The fourth-order valence-corrected chi connectivity index (χ4v) is 8.06. The highest BCUT2D eigenvalue weighted by molar-refractivity contribution is 6.31. The third-order valence-corrected chi connectivity index (χ3v) is 10.0. The lowest BCUT2D eigenvalue weighted by molar-refractivity contribution is -0.128. The number of likely N-dealkylation sites (tertiary alicyclic amines) is 1. The van der Waals surface area contributed by atoms with E-state index in [1.54, 1.807) is 42.5 Å². The maximum Gasteiger partial charge on any atom is 0.335 e. The van der Waals surface area contributed by atoms with Crippen molar-refractivity contribution in [2.24, 2.45) is 5.92 Å². The maximum absolute atomic E-state index is 16.1. The van der Waals surface area contributed by atoms with Gasteiger partial charge in [0.1, 0.15) is 11.4 Å². The van der Waals surface area contributed by atoms with Gasteiger partial charge in [0, 0.05) is 45.9 Å². The summed E-state index contributed by atoms with van der Waals surface area (Å²) in [4.78, 5) is 28.5.